The standard InChI is InChI=1S/C16H7ClN2O3S/c17-13-15(20)9-6-5-8(19(21)22)7-10(9)14-16(13)23-12-4-2-1-3-11(12)18-14/h1-7H. The van der Waals surface area contributed by atoms with Crippen LogP contribution >= 0.6 is 22.9 Å². The molecule has 23 heavy (non-hydrogen) atoms. The van der Waals surface area contributed by atoms with Crippen molar-refractivity contribution in [3.8, 4) is 10.6 Å². The molecule has 0 bridgehead atoms. The zero-order valence-electron chi connectivity index (χ0n) is 11.4. The maximum Gasteiger partial charge on any atom is 0.270 e. The first-order valence-corrected chi connectivity index (χ1v) is 7.85. The number of hydrogen-bond donors (Lipinski definition) is 0. The molecule has 0 radical (unpaired) electrons. The summed E-state index contributed by atoms with van der Waals surface area (Å²) < 4.78 is 0.895. The van der Waals surface area contributed by atoms with E-state index in [-0.39, 0.29) is 16.1 Å². The van der Waals surface area contributed by atoms with Crippen LogP contribution in [0.3, 0.4) is 0 Å². The smallest absolute Gasteiger partial charge is 0.270 e. The summed E-state index contributed by atoms with van der Waals surface area (Å²) in [7, 11) is 0. The number of rotatable bonds is 1. The maximum absolute atomic E-state index is 12.4. The Bertz CT molecular complexity index is 1140. The van der Waals surface area contributed by atoms with Crippen molar-refractivity contribution in [3.63, 3.8) is 0 Å². The number of nitrogens with zero attached hydrogens (tertiary/aromatic N) is 2. The average molecular weight is 343 g/mol. The average Bonchev–Trinajstić information content (AvgIpc) is 2.58. The van der Waals surface area contributed by atoms with Crippen molar-refractivity contribution in [2.45, 2.75) is 0 Å². The third-order valence-corrected chi connectivity index (χ3v) is 5.28. The molecule has 1 aliphatic carbocycles. The highest BCUT2D eigenvalue weighted by molar-refractivity contribution is 7.22. The van der Waals surface area contributed by atoms with Crippen molar-refractivity contribution < 1.29 is 4.92 Å². The molecule has 4 rings (SSSR count). The Morgan fingerprint density at radius 3 is 2.70 bits per heavy atom. The predicted molar refractivity (Wildman–Crippen MR) is 91.7 cm³/mol. The summed E-state index contributed by atoms with van der Waals surface area (Å²) in [5.41, 5.74) is 0.849. The van der Waals surface area contributed by atoms with Gasteiger partial charge in [-0.1, -0.05) is 23.7 Å². The molecule has 7 heteroatoms. The summed E-state index contributed by atoms with van der Waals surface area (Å²) in [5.74, 6) is 0. The minimum atomic E-state index is -0.491. The first-order valence-electron chi connectivity index (χ1n) is 6.65. The fraction of sp³-hybridized carbons (Fsp3) is 0. The lowest BCUT2D eigenvalue weighted by atomic mass is 10.0. The minimum Gasteiger partial charge on any atom is -0.288 e. The number of halogens is 1. The number of fused-ring (bicyclic) bond motifs is 4. The van der Waals surface area contributed by atoms with Crippen LogP contribution in [0.4, 0.5) is 5.69 Å². The van der Waals surface area contributed by atoms with E-state index in [4.69, 9.17) is 11.6 Å². The topological polar surface area (TPSA) is 73.1 Å². The second-order valence-electron chi connectivity index (χ2n) is 4.99. The van der Waals surface area contributed by atoms with Gasteiger partial charge in [0.15, 0.2) is 0 Å². The molecule has 5 nitrogen and oxygen atoms in total. The molecule has 0 spiro atoms. The van der Waals surface area contributed by atoms with Crippen LogP contribution < -0.4 is 5.43 Å². The molecule has 0 unspecified atom stereocenters. The van der Waals surface area contributed by atoms with Gasteiger partial charge in [0.05, 0.1) is 25.7 Å². The first kappa shape index (κ1) is 14.0. The number of para-hydroxylation sites is 1. The molecule has 2 aliphatic rings. The van der Waals surface area contributed by atoms with E-state index in [9.17, 15) is 14.9 Å². The molecular weight excluding hydrogens is 336 g/mol. The van der Waals surface area contributed by atoms with Crippen molar-refractivity contribution >= 4 is 49.6 Å². The highest BCUT2D eigenvalue weighted by Crippen LogP contribution is 2.39. The van der Waals surface area contributed by atoms with E-state index in [1.54, 1.807) is 0 Å². The van der Waals surface area contributed by atoms with E-state index in [1.807, 2.05) is 24.3 Å². The Labute approximate surface area is 138 Å². The lowest BCUT2D eigenvalue weighted by Crippen LogP contribution is -2.06. The summed E-state index contributed by atoms with van der Waals surface area (Å²) in [6.07, 6.45) is 0. The second kappa shape index (κ2) is 4.97. The summed E-state index contributed by atoms with van der Waals surface area (Å²) in [6, 6.07) is 11.6. The summed E-state index contributed by atoms with van der Waals surface area (Å²) >= 11 is 7.59. The predicted octanol–water partition coefficient (Wildman–Crippen LogP) is 4.48. The molecule has 0 saturated carbocycles. The Balaban J connectivity index is 2.26. The highest BCUT2D eigenvalue weighted by Gasteiger charge is 2.21. The Morgan fingerprint density at radius 2 is 1.91 bits per heavy atom. The van der Waals surface area contributed by atoms with E-state index in [2.05, 4.69) is 4.98 Å². The van der Waals surface area contributed by atoms with Crippen LogP contribution in [0, 0.1) is 10.1 Å². The van der Waals surface area contributed by atoms with Gasteiger partial charge in [-0.15, -0.1) is 11.3 Å². The van der Waals surface area contributed by atoms with Gasteiger partial charge in [0, 0.05) is 22.9 Å². The molecule has 0 aromatic heterocycles. The van der Waals surface area contributed by atoms with E-state index < -0.39 is 4.92 Å². The largest absolute Gasteiger partial charge is 0.288 e. The fourth-order valence-corrected chi connectivity index (χ4v) is 3.88. The van der Waals surface area contributed by atoms with Crippen molar-refractivity contribution in [1.29, 1.82) is 0 Å². The number of hydrogen-bond acceptors (Lipinski definition) is 5. The van der Waals surface area contributed by atoms with Gasteiger partial charge in [0.2, 0.25) is 5.43 Å². The number of non-ortho nitro benzene ring substituents is 1. The SMILES string of the molecule is O=c1c(Cl)c2sc3ccccc3nc-2c2cc([N+](=O)[O-])ccc12. The van der Waals surface area contributed by atoms with Gasteiger partial charge >= 0.3 is 0 Å². The maximum atomic E-state index is 12.4. The molecule has 1 aliphatic heterocycles. The van der Waals surface area contributed by atoms with Crippen LogP contribution in [0.15, 0.2) is 47.3 Å². The molecule has 112 valence electrons. The van der Waals surface area contributed by atoms with Gasteiger partial charge in [-0.3, -0.25) is 14.9 Å². The van der Waals surface area contributed by atoms with Gasteiger partial charge in [-0.2, -0.15) is 0 Å². The quantitative estimate of drug-likeness (QED) is 0.221. The number of nitro groups is 1. The monoisotopic (exact) mass is 342 g/mol. The molecule has 0 amide bonds. The third-order valence-electron chi connectivity index (χ3n) is 3.64. The van der Waals surface area contributed by atoms with Crippen molar-refractivity contribution in [2.75, 3.05) is 0 Å². The molecular formula is C16H7ClN2O3S. The van der Waals surface area contributed by atoms with Crippen molar-refractivity contribution in [2.24, 2.45) is 0 Å². The highest BCUT2D eigenvalue weighted by atomic mass is 35.5. The van der Waals surface area contributed by atoms with Crippen LogP contribution in [-0.2, 0) is 0 Å². The molecule has 2 aromatic rings. The minimum absolute atomic E-state index is 0.0829. The Hall–Kier alpha value is -2.57. The lowest BCUT2D eigenvalue weighted by molar-refractivity contribution is -0.384. The molecule has 1 heterocycles. The molecule has 0 fully saturated rings. The number of benzene rings is 3. The van der Waals surface area contributed by atoms with Crippen LogP contribution in [0.5, 0.6) is 0 Å². The Morgan fingerprint density at radius 1 is 1.13 bits per heavy atom. The molecule has 2 aromatic carbocycles. The van der Waals surface area contributed by atoms with Crippen LogP contribution in [0.1, 0.15) is 0 Å². The van der Waals surface area contributed by atoms with Crippen LogP contribution in [0.2, 0.25) is 5.02 Å². The van der Waals surface area contributed by atoms with Gasteiger partial charge in [-0.05, 0) is 18.2 Å². The normalized spacial score (nSPS) is 11.3. The third kappa shape index (κ3) is 2.07. The van der Waals surface area contributed by atoms with Gasteiger partial charge in [0.25, 0.3) is 5.69 Å². The van der Waals surface area contributed by atoms with E-state index in [1.165, 1.54) is 29.5 Å². The number of nitro benzene ring substituents is 1. The summed E-state index contributed by atoms with van der Waals surface area (Å²) in [6.45, 7) is 0. The van der Waals surface area contributed by atoms with E-state index >= 15 is 0 Å². The van der Waals surface area contributed by atoms with Gasteiger partial charge < -0.3 is 0 Å². The first-order chi connectivity index (χ1) is 11.1. The van der Waals surface area contributed by atoms with Crippen LogP contribution in [0.25, 0.3) is 31.6 Å². The Kier molecular flexibility index (Phi) is 3.04. The summed E-state index contributed by atoms with van der Waals surface area (Å²) in [5, 5.41) is 11.9. The van der Waals surface area contributed by atoms with E-state index in [0.717, 1.165) is 10.2 Å². The zero-order chi connectivity index (χ0) is 16.1. The van der Waals surface area contributed by atoms with Crippen LogP contribution in [-0.4, -0.2) is 9.91 Å². The zero-order valence-corrected chi connectivity index (χ0v) is 13.0. The number of aromatic nitrogens is 1. The lowest BCUT2D eigenvalue weighted by Gasteiger charge is -2.11. The molecule has 0 atom stereocenters. The fourth-order valence-electron chi connectivity index (χ4n) is 2.56. The molecule has 0 N–H and O–H groups in total. The van der Waals surface area contributed by atoms with E-state index in [0.29, 0.717) is 21.3 Å². The second-order valence-corrected chi connectivity index (χ2v) is 6.42. The van der Waals surface area contributed by atoms with Crippen molar-refractivity contribution in [3.05, 3.63) is 67.8 Å². The summed E-state index contributed by atoms with van der Waals surface area (Å²) in [4.78, 5) is 28.1. The molecule has 0 saturated heterocycles. The van der Waals surface area contributed by atoms with Gasteiger partial charge in [0.1, 0.15) is 5.02 Å². The van der Waals surface area contributed by atoms with Gasteiger partial charge in [-0.25, -0.2) is 4.98 Å². The van der Waals surface area contributed by atoms with Crippen molar-refractivity contribution in [1.82, 2.24) is 4.98 Å².